The minimum atomic E-state index is -0.462. The standard InChI is InChI=1S/C18H19ClN2O2/c1-11-9-12(2)21-16(22)15(11)10-20-17(23)18(7-8-18)13-3-5-14(19)6-4-13/h3-6,9H,7-8,10H2,1-2H3,(H,20,23)(H,21,22). The SMILES string of the molecule is Cc1cc(C)c(CNC(=O)C2(c3ccc(Cl)cc3)CC2)c(=O)[nH]1. The van der Waals surface area contributed by atoms with Crippen LogP contribution in [0, 0.1) is 13.8 Å². The Bertz CT molecular complexity index is 805. The average Bonchev–Trinajstić information content (AvgIpc) is 3.28. The second-order valence-corrected chi connectivity index (χ2v) is 6.65. The van der Waals surface area contributed by atoms with E-state index in [0.29, 0.717) is 10.6 Å². The highest BCUT2D eigenvalue weighted by molar-refractivity contribution is 6.30. The third kappa shape index (κ3) is 3.04. The Hall–Kier alpha value is -2.07. The minimum absolute atomic E-state index is 0.0285. The van der Waals surface area contributed by atoms with Gasteiger partial charge in [-0.2, -0.15) is 0 Å². The molecule has 2 aromatic rings. The van der Waals surface area contributed by atoms with Crippen molar-refractivity contribution in [2.75, 3.05) is 0 Å². The molecule has 0 bridgehead atoms. The summed E-state index contributed by atoms with van der Waals surface area (Å²) in [6.07, 6.45) is 1.65. The number of halogens is 1. The van der Waals surface area contributed by atoms with Crippen LogP contribution in [0.2, 0.25) is 5.02 Å². The van der Waals surface area contributed by atoms with Gasteiger partial charge in [0.05, 0.1) is 5.41 Å². The molecule has 1 aromatic heterocycles. The van der Waals surface area contributed by atoms with E-state index in [1.165, 1.54) is 0 Å². The fourth-order valence-corrected chi connectivity index (χ4v) is 3.11. The molecule has 0 radical (unpaired) electrons. The lowest BCUT2D eigenvalue weighted by molar-refractivity contribution is -0.123. The molecule has 23 heavy (non-hydrogen) atoms. The molecule has 3 rings (SSSR count). The average molecular weight is 331 g/mol. The van der Waals surface area contributed by atoms with Crippen LogP contribution in [0.15, 0.2) is 35.1 Å². The lowest BCUT2D eigenvalue weighted by atomic mass is 9.95. The van der Waals surface area contributed by atoms with Crippen LogP contribution in [-0.4, -0.2) is 10.9 Å². The molecule has 0 aliphatic heterocycles. The third-order valence-electron chi connectivity index (χ3n) is 4.50. The maximum absolute atomic E-state index is 12.6. The second kappa shape index (κ2) is 5.85. The molecule has 2 N–H and O–H groups in total. The zero-order valence-corrected chi connectivity index (χ0v) is 14.0. The Morgan fingerprint density at radius 2 is 1.91 bits per heavy atom. The molecule has 0 atom stereocenters. The fraction of sp³-hybridized carbons (Fsp3) is 0.333. The van der Waals surface area contributed by atoms with Crippen LogP contribution in [0.4, 0.5) is 0 Å². The van der Waals surface area contributed by atoms with Crippen LogP contribution in [0.1, 0.15) is 35.2 Å². The predicted octanol–water partition coefficient (Wildman–Crippen LogP) is 2.99. The first-order valence-electron chi connectivity index (χ1n) is 7.66. The topological polar surface area (TPSA) is 62.0 Å². The van der Waals surface area contributed by atoms with E-state index in [4.69, 9.17) is 11.6 Å². The Balaban J connectivity index is 1.75. The van der Waals surface area contributed by atoms with Gasteiger partial charge in [0.1, 0.15) is 0 Å². The van der Waals surface area contributed by atoms with Gasteiger partial charge in [0.25, 0.3) is 5.56 Å². The molecule has 1 fully saturated rings. The molecule has 1 aliphatic carbocycles. The molecule has 1 heterocycles. The van der Waals surface area contributed by atoms with Crippen LogP contribution < -0.4 is 10.9 Å². The smallest absolute Gasteiger partial charge is 0.253 e. The molecule has 0 unspecified atom stereocenters. The number of hydrogen-bond acceptors (Lipinski definition) is 2. The van der Waals surface area contributed by atoms with Crippen molar-refractivity contribution in [2.24, 2.45) is 0 Å². The monoisotopic (exact) mass is 330 g/mol. The van der Waals surface area contributed by atoms with Gasteiger partial charge >= 0.3 is 0 Å². The number of hydrogen-bond donors (Lipinski definition) is 2. The summed E-state index contributed by atoms with van der Waals surface area (Å²) in [6, 6.07) is 9.32. The number of carbonyl (C=O) groups excluding carboxylic acids is 1. The van der Waals surface area contributed by atoms with Gasteiger partial charge in [-0.3, -0.25) is 9.59 Å². The van der Waals surface area contributed by atoms with Crippen molar-refractivity contribution < 1.29 is 4.79 Å². The molecule has 120 valence electrons. The number of amides is 1. The van der Waals surface area contributed by atoms with Crippen LogP contribution >= 0.6 is 11.6 Å². The molecule has 0 saturated heterocycles. The van der Waals surface area contributed by atoms with Gasteiger partial charge in [-0.05, 0) is 56.0 Å². The van der Waals surface area contributed by atoms with Crippen LogP contribution in [0.5, 0.6) is 0 Å². The molecule has 1 aromatic carbocycles. The van der Waals surface area contributed by atoms with Crippen LogP contribution in [0.3, 0.4) is 0 Å². The maximum atomic E-state index is 12.6. The number of nitrogens with one attached hydrogen (secondary N) is 2. The fourth-order valence-electron chi connectivity index (χ4n) is 2.98. The van der Waals surface area contributed by atoms with Crippen molar-refractivity contribution in [3.63, 3.8) is 0 Å². The summed E-state index contributed by atoms with van der Waals surface area (Å²) in [7, 11) is 0. The predicted molar refractivity (Wildman–Crippen MR) is 90.7 cm³/mol. The molecule has 5 heteroatoms. The van der Waals surface area contributed by atoms with E-state index in [1.54, 1.807) is 12.1 Å². The number of H-pyrrole nitrogens is 1. The first-order valence-corrected chi connectivity index (χ1v) is 8.04. The largest absolute Gasteiger partial charge is 0.351 e. The molecule has 4 nitrogen and oxygen atoms in total. The lowest BCUT2D eigenvalue weighted by Crippen LogP contribution is -2.36. The van der Waals surface area contributed by atoms with Crippen molar-refractivity contribution in [1.29, 1.82) is 0 Å². The summed E-state index contributed by atoms with van der Waals surface area (Å²) in [5, 5.41) is 3.58. The van der Waals surface area contributed by atoms with Crippen LogP contribution in [0.25, 0.3) is 0 Å². The van der Waals surface area contributed by atoms with Gasteiger partial charge in [-0.1, -0.05) is 23.7 Å². The Morgan fingerprint density at radius 3 is 2.48 bits per heavy atom. The van der Waals surface area contributed by atoms with E-state index in [9.17, 15) is 9.59 Å². The van der Waals surface area contributed by atoms with Crippen LogP contribution in [-0.2, 0) is 16.8 Å². The summed E-state index contributed by atoms with van der Waals surface area (Å²) < 4.78 is 0. The summed E-state index contributed by atoms with van der Waals surface area (Å²) in [6.45, 7) is 3.97. The number of aryl methyl sites for hydroxylation is 2. The van der Waals surface area contributed by atoms with Crippen molar-refractivity contribution in [3.8, 4) is 0 Å². The first kappa shape index (κ1) is 15.8. The Labute approximate surface area is 139 Å². The Kier molecular flexibility index (Phi) is 4.02. The van der Waals surface area contributed by atoms with E-state index in [2.05, 4.69) is 10.3 Å². The van der Waals surface area contributed by atoms with Gasteiger partial charge in [-0.25, -0.2) is 0 Å². The highest BCUT2D eigenvalue weighted by atomic mass is 35.5. The van der Waals surface area contributed by atoms with Gasteiger partial charge in [0.15, 0.2) is 0 Å². The van der Waals surface area contributed by atoms with Crippen molar-refractivity contribution in [3.05, 3.63) is 68.1 Å². The number of carbonyl (C=O) groups is 1. The maximum Gasteiger partial charge on any atom is 0.253 e. The van der Waals surface area contributed by atoms with E-state index in [0.717, 1.165) is 29.7 Å². The highest BCUT2D eigenvalue weighted by Gasteiger charge is 2.51. The third-order valence-corrected chi connectivity index (χ3v) is 4.75. The zero-order chi connectivity index (χ0) is 16.6. The second-order valence-electron chi connectivity index (χ2n) is 6.21. The Morgan fingerprint density at radius 1 is 1.26 bits per heavy atom. The number of aromatic nitrogens is 1. The molecule has 1 aliphatic rings. The number of rotatable bonds is 4. The van der Waals surface area contributed by atoms with Gasteiger partial charge < -0.3 is 10.3 Å². The molecule has 1 saturated carbocycles. The molecule has 1 amide bonds. The van der Waals surface area contributed by atoms with Gasteiger partial charge in [0.2, 0.25) is 5.91 Å². The quantitative estimate of drug-likeness (QED) is 0.905. The van der Waals surface area contributed by atoms with E-state index < -0.39 is 5.41 Å². The number of aromatic amines is 1. The molecule has 0 spiro atoms. The van der Waals surface area contributed by atoms with E-state index >= 15 is 0 Å². The molecular weight excluding hydrogens is 312 g/mol. The lowest BCUT2D eigenvalue weighted by Gasteiger charge is -2.16. The van der Waals surface area contributed by atoms with E-state index in [-0.39, 0.29) is 18.0 Å². The van der Waals surface area contributed by atoms with Crippen molar-refractivity contribution in [1.82, 2.24) is 10.3 Å². The minimum Gasteiger partial charge on any atom is -0.351 e. The summed E-state index contributed by atoms with van der Waals surface area (Å²) in [5.74, 6) is -0.0285. The summed E-state index contributed by atoms with van der Waals surface area (Å²) >= 11 is 5.91. The van der Waals surface area contributed by atoms with Crippen molar-refractivity contribution in [2.45, 2.75) is 38.6 Å². The number of benzene rings is 1. The summed E-state index contributed by atoms with van der Waals surface area (Å²) in [4.78, 5) is 27.4. The van der Waals surface area contributed by atoms with E-state index in [1.807, 2.05) is 32.0 Å². The van der Waals surface area contributed by atoms with Gasteiger partial charge in [-0.15, -0.1) is 0 Å². The zero-order valence-electron chi connectivity index (χ0n) is 13.2. The highest BCUT2D eigenvalue weighted by Crippen LogP contribution is 2.48. The van der Waals surface area contributed by atoms with Gasteiger partial charge in [0, 0.05) is 22.8 Å². The molecular formula is C18H19ClN2O2. The normalized spacial score (nSPS) is 15.3. The van der Waals surface area contributed by atoms with Crippen molar-refractivity contribution >= 4 is 17.5 Å². The summed E-state index contributed by atoms with van der Waals surface area (Å²) in [5.41, 5.74) is 2.70. The first-order chi connectivity index (χ1) is 10.9. The number of pyridine rings is 1.